The van der Waals surface area contributed by atoms with Crippen LogP contribution in [0.3, 0.4) is 0 Å². The van der Waals surface area contributed by atoms with Gasteiger partial charge in [0.2, 0.25) is 5.91 Å². The number of likely N-dealkylation sites (tertiary alicyclic amines) is 1. The molecule has 2 fully saturated rings. The average Bonchev–Trinajstić information content (AvgIpc) is 2.27. The van der Waals surface area contributed by atoms with Gasteiger partial charge in [-0.25, -0.2) is 0 Å². The number of nitrogens with zero attached hydrogens (tertiary/aromatic N) is 1. The lowest BCUT2D eigenvalue weighted by Gasteiger charge is -2.43. The molecular weight excluding hydrogens is 212 g/mol. The largest absolute Gasteiger partial charge is 0.341 e. The van der Waals surface area contributed by atoms with Crippen LogP contribution in [0.25, 0.3) is 0 Å². The van der Waals surface area contributed by atoms with E-state index in [9.17, 15) is 4.79 Å². The van der Waals surface area contributed by atoms with Crippen molar-refractivity contribution >= 4 is 5.91 Å². The van der Waals surface area contributed by atoms with Crippen molar-refractivity contribution in [2.24, 2.45) is 5.41 Å². The monoisotopic (exact) mass is 238 g/mol. The first kappa shape index (κ1) is 12.9. The number of rotatable bonds is 1. The summed E-state index contributed by atoms with van der Waals surface area (Å²) in [6.45, 7) is 9.46. The van der Waals surface area contributed by atoms with Gasteiger partial charge >= 0.3 is 0 Å². The lowest BCUT2D eigenvalue weighted by molar-refractivity contribution is -0.141. The van der Waals surface area contributed by atoms with Crippen LogP contribution in [-0.4, -0.2) is 36.0 Å². The molecule has 17 heavy (non-hydrogen) atoms. The highest BCUT2D eigenvalue weighted by atomic mass is 16.2. The lowest BCUT2D eigenvalue weighted by atomic mass is 9.82. The molecule has 2 heterocycles. The Bertz CT molecular complexity index is 293. The summed E-state index contributed by atoms with van der Waals surface area (Å²) in [5.41, 5.74) is -0.00932. The number of piperidine rings is 2. The molecule has 0 bridgehead atoms. The molecule has 3 heteroatoms. The lowest BCUT2D eigenvalue weighted by Crippen LogP contribution is -2.60. The van der Waals surface area contributed by atoms with E-state index in [2.05, 4.69) is 31.0 Å². The molecule has 0 spiro atoms. The van der Waals surface area contributed by atoms with Crippen LogP contribution in [-0.2, 0) is 4.79 Å². The van der Waals surface area contributed by atoms with Crippen molar-refractivity contribution in [2.75, 3.05) is 19.6 Å². The van der Waals surface area contributed by atoms with Gasteiger partial charge in [0, 0.05) is 13.1 Å². The molecule has 1 atom stereocenters. The Kier molecular flexibility index (Phi) is 3.48. The molecule has 2 aliphatic heterocycles. The van der Waals surface area contributed by atoms with Crippen LogP contribution in [0.5, 0.6) is 0 Å². The van der Waals surface area contributed by atoms with Crippen molar-refractivity contribution in [2.45, 2.75) is 58.4 Å². The van der Waals surface area contributed by atoms with E-state index in [0.29, 0.717) is 11.3 Å². The quantitative estimate of drug-likeness (QED) is 0.759. The summed E-state index contributed by atoms with van der Waals surface area (Å²) in [6.07, 6.45) is 5.75. The van der Waals surface area contributed by atoms with Gasteiger partial charge in [0.25, 0.3) is 0 Å². The molecule has 1 unspecified atom stereocenters. The van der Waals surface area contributed by atoms with Gasteiger partial charge in [-0.3, -0.25) is 4.79 Å². The first-order chi connectivity index (χ1) is 7.93. The molecule has 1 N–H and O–H groups in total. The molecule has 0 saturated carbocycles. The zero-order chi connectivity index (χ0) is 12.5. The molecule has 2 saturated heterocycles. The van der Waals surface area contributed by atoms with Crippen LogP contribution in [0.2, 0.25) is 0 Å². The summed E-state index contributed by atoms with van der Waals surface area (Å²) in [4.78, 5) is 14.7. The van der Waals surface area contributed by atoms with Crippen molar-refractivity contribution in [3.8, 4) is 0 Å². The number of carbonyl (C=O) groups is 1. The summed E-state index contributed by atoms with van der Waals surface area (Å²) in [5.74, 6) is 0.324. The third-order valence-corrected chi connectivity index (χ3v) is 4.28. The van der Waals surface area contributed by atoms with E-state index < -0.39 is 0 Å². The molecule has 3 nitrogen and oxygen atoms in total. The van der Waals surface area contributed by atoms with Gasteiger partial charge in [0.1, 0.15) is 0 Å². The van der Waals surface area contributed by atoms with Gasteiger partial charge < -0.3 is 10.2 Å². The van der Waals surface area contributed by atoms with Gasteiger partial charge in [-0.2, -0.15) is 0 Å². The summed E-state index contributed by atoms with van der Waals surface area (Å²) >= 11 is 0. The van der Waals surface area contributed by atoms with Crippen molar-refractivity contribution in [3.63, 3.8) is 0 Å². The minimum absolute atomic E-state index is 0.291. The van der Waals surface area contributed by atoms with Crippen LogP contribution >= 0.6 is 0 Å². The predicted octanol–water partition coefficient (Wildman–Crippen LogP) is 2.17. The molecule has 0 radical (unpaired) electrons. The van der Waals surface area contributed by atoms with Crippen LogP contribution in [0.15, 0.2) is 0 Å². The average molecular weight is 238 g/mol. The molecule has 0 aromatic carbocycles. The van der Waals surface area contributed by atoms with E-state index in [1.165, 1.54) is 19.3 Å². The molecule has 1 amide bonds. The number of nitrogens with one attached hydrogen (secondary N) is 1. The molecule has 2 rings (SSSR count). The standard InChI is InChI=1S/C14H26N2O/c1-13(2)7-6-10-16(11-13)12(17)14(3)8-4-5-9-15-14/h15H,4-11H2,1-3H3. The van der Waals surface area contributed by atoms with Crippen molar-refractivity contribution in [1.29, 1.82) is 0 Å². The van der Waals surface area contributed by atoms with E-state index in [-0.39, 0.29) is 5.54 Å². The first-order valence-electron chi connectivity index (χ1n) is 6.97. The van der Waals surface area contributed by atoms with Gasteiger partial charge in [-0.05, 0) is 51.0 Å². The van der Waals surface area contributed by atoms with Gasteiger partial charge in [0.05, 0.1) is 5.54 Å². The fraction of sp³-hybridized carbons (Fsp3) is 0.929. The number of carbonyl (C=O) groups excluding carboxylic acids is 1. The third-order valence-electron chi connectivity index (χ3n) is 4.28. The summed E-state index contributed by atoms with van der Waals surface area (Å²) in [6, 6.07) is 0. The van der Waals surface area contributed by atoms with E-state index in [1.807, 2.05) is 0 Å². The van der Waals surface area contributed by atoms with Crippen molar-refractivity contribution in [3.05, 3.63) is 0 Å². The van der Waals surface area contributed by atoms with Crippen LogP contribution in [0.4, 0.5) is 0 Å². The number of hydrogen-bond acceptors (Lipinski definition) is 2. The van der Waals surface area contributed by atoms with E-state index in [0.717, 1.165) is 32.5 Å². The van der Waals surface area contributed by atoms with Crippen LogP contribution in [0.1, 0.15) is 52.9 Å². The smallest absolute Gasteiger partial charge is 0.242 e. The summed E-state index contributed by atoms with van der Waals surface area (Å²) in [5, 5.41) is 3.43. The van der Waals surface area contributed by atoms with E-state index in [4.69, 9.17) is 0 Å². The van der Waals surface area contributed by atoms with Crippen LogP contribution < -0.4 is 5.32 Å². The minimum atomic E-state index is -0.300. The molecule has 98 valence electrons. The van der Waals surface area contributed by atoms with E-state index in [1.54, 1.807) is 0 Å². The first-order valence-corrected chi connectivity index (χ1v) is 6.97. The van der Waals surface area contributed by atoms with E-state index >= 15 is 0 Å². The summed E-state index contributed by atoms with van der Waals surface area (Å²) < 4.78 is 0. The Balaban J connectivity index is 2.03. The Morgan fingerprint density at radius 3 is 2.47 bits per heavy atom. The Labute approximate surface area is 105 Å². The SMILES string of the molecule is CC1(C)CCCN(C(=O)C2(C)CCCCN2)C1. The maximum absolute atomic E-state index is 12.6. The molecule has 2 aliphatic rings. The van der Waals surface area contributed by atoms with Gasteiger partial charge in [-0.1, -0.05) is 13.8 Å². The second kappa shape index (κ2) is 4.60. The highest BCUT2D eigenvalue weighted by Gasteiger charge is 2.40. The third kappa shape index (κ3) is 2.82. The fourth-order valence-corrected chi connectivity index (χ4v) is 3.18. The highest BCUT2D eigenvalue weighted by molar-refractivity contribution is 5.86. The Hall–Kier alpha value is -0.570. The maximum Gasteiger partial charge on any atom is 0.242 e. The second-order valence-electron chi connectivity index (χ2n) is 6.71. The zero-order valence-electron chi connectivity index (χ0n) is 11.5. The molecule has 0 aliphatic carbocycles. The summed E-state index contributed by atoms with van der Waals surface area (Å²) in [7, 11) is 0. The molecular formula is C14H26N2O. The number of amides is 1. The van der Waals surface area contributed by atoms with Crippen LogP contribution in [0, 0.1) is 5.41 Å². The van der Waals surface area contributed by atoms with Crippen molar-refractivity contribution in [1.82, 2.24) is 10.2 Å². The van der Waals surface area contributed by atoms with Gasteiger partial charge in [0.15, 0.2) is 0 Å². The minimum Gasteiger partial charge on any atom is -0.341 e. The topological polar surface area (TPSA) is 32.3 Å². The Morgan fingerprint density at radius 2 is 1.88 bits per heavy atom. The predicted molar refractivity (Wildman–Crippen MR) is 69.9 cm³/mol. The highest BCUT2D eigenvalue weighted by Crippen LogP contribution is 2.31. The molecule has 0 aromatic heterocycles. The fourth-order valence-electron chi connectivity index (χ4n) is 3.18. The maximum atomic E-state index is 12.6. The normalized spacial score (nSPS) is 33.5. The molecule has 0 aromatic rings. The number of hydrogen-bond donors (Lipinski definition) is 1. The second-order valence-corrected chi connectivity index (χ2v) is 6.71. The zero-order valence-corrected chi connectivity index (χ0v) is 11.5. The Morgan fingerprint density at radius 1 is 1.12 bits per heavy atom. The van der Waals surface area contributed by atoms with Crippen molar-refractivity contribution < 1.29 is 4.79 Å². The van der Waals surface area contributed by atoms with Gasteiger partial charge in [-0.15, -0.1) is 0 Å².